The minimum absolute atomic E-state index is 0.100. The monoisotopic (exact) mass is 280 g/mol. The number of hydrogen-bond donors (Lipinski definition) is 1. The number of thiazole rings is 1. The number of nitro groups is 1. The highest BCUT2D eigenvalue weighted by Crippen LogP contribution is 2.28. The number of nitrogens with one attached hydrogen (secondary N) is 1. The van der Waals surface area contributed by atoms with Crippen molar-refractivity contribution in [1.29, 1.82) is 0 Å². The van der Waals surface area contributed by atoms with Crippen LogP contribution < -0.4 is 5.32 Å². The summed E-state index contributed by atoms with van der Waals surface area (Å²) in [6.45, 7) is 1.88. The standard InChI is InChI=1S/C9H8N6O3S/c1-5-11-6(13-18-5)4-10-7-8(15(16)17)14-2-3-19-9(14)12-7/h2-3,10H,4H2,1H3. The van der Waals surface area contributed by atoms with Crippen molar-refractivity contribution in [3.05, 3.63) is 33.4 Å². The van der Waals surface area contributed by atoms with Gasteiger partial charge in [0, 0.05) is 12.3 Å². The molecule has 0 spiro atoms. The van der Waals surface area contributed by atoms with E-state index in [4.69, 9.17) is 4.52 Å². The van der Waals surface area contributed by atoms with E-state index in [2.05, 4.69) is 20.4 Å². The minimum atomic E-state index is -0.476. The van der Waals surface area contributed by atoms with Crippen molar-refractivity contribution in [2.24, 2.45) is 0 Å². The van der Waals surface area contributed by atoms with Crippen LogP contribution in [0.3, 0.4) is 0 Å². The number of nitrogens with zero attached hydrogens (tertiary/aromatic N) is 5. The molecular weight excluding hydrogens is 272 g/mol. The van der Waals surface area contributed by atoms with Crippen LogP contribution in [0.5, 0.6) is 0 Å². The molecule has 19 heavy (non-hydrogen) atoms. The summed E-state index contributed by atoms with van der Waals surface area (Å²) in [5, 5.41) is 19.4. The lowest BCUT2D eigenvalue weighted by Gasteiger charge is -1.99. The Hall–Kier alpha value is -2.49. The fourth-order valence-electron chi connectivity index (χ4n) is 1.64. The second-order valence-electron chi connectivity index (χ2n) is 3.68. The van der Waals surface area contributed by atoms with Gasteiger partial charge in [0.1, 0.15) is 6.20 Å². The van der Waals surface area contributed by atoms with Crippen LogP contribution >= 0.6 is 11.3 Å². The molecular formula is C9H8N6O3S. The number of anilines is 1. The minimum Gasteiger partial charge on any atom is -0.358 e. The van der Waals surface area contributed by atoms with Crippen molar-refractivity contribution in [2.45, 2.75) is 13.5 Å². The van der Waals surface area contributed by atoms with Crippen molar-refractivity contribution in [3.63, 3.8) is 0 Å². The van der Waals surface area contributed by atoms with Gasteiger partial charge in [0.15, 0.2) is 5.82 Å². The summed E-state index contributed by atoms with van der Waals surface area (Å²) < 4.78 is 6.24. The molecule has 0 bridgehead atoms. The molecule has 0 aromatic carbocycles. The molecule has 3 rings (SSSR count). The zero-order valence-corrected chi connectivity index (χ0v) is 10.5. The quantitative estimate of drug-likeness (QED) is 0.570. The number of imidazole rings is 1. The van der Waals surface area contributed by atoms with Crippen LogP contribution in [-0.4, -0.2) is 24.4 Å². The van der Waals surface area contributed by atoms with Crippen LogP contribution in [0.4, 0.5) is 11.6 Å². The molecule has 0 amide bonds. The third-order valence-corrected chi connectivity index (χ3v) is 3.15. The molecule has 1 N–H and O–H groups in total. The molecule has 0 atom stereocenters. The number of hydrogen-bond acceptors (Lipinski definition) is 8. The van der Waals surface area contributed by atoms with E-state index >= 15 is 0 Å². The first-order valence-corrected chi connectivity index (χ1v) is 6.16. The van der Waals surface area contributed by atoms with Gasteiger partial charge >= 0.3 is 5.82 Å². The Bertz CT molecular complexity index is 744. The summed E-state index contributed by atoms with van der Waals surface area (Å²) in [7, 11) is 0. The Labute approximate surface area is 110 Å². The second kappa shape index (κ2) is 4.31. The third-order valence-electron chi connectivity index (χ3n) is 2.39. The first-order valence-electron chi connectivity index (χ1n) is 5.28. The van der Waals surface area contributed by atoms with E-state index in [1.54, 1.807) is 18.5 Å². The molecule has 0 saturated heterocycles. The molecule has 0 aliphatic carbocycles. The number of fused-ring (bicyclic) bond motifs is 1. The summed E-state index contributed by atoms with van der Waals surface area (Å²) in [6, 6.07) is 0. The molecule has 98 valence electrons. The Kier molecular flexibility index (Phi) is 2.63. The van der Waals surface area contributed by atoms with Crippen LogP contribution in [0.25, 0.3) is 4.96 Å². The van der Waals surface area contributed by atoms with E-state index in [9.17, 15) is 10.1 Å². The lowest BCUT2D eigenvalue weighted by atomic mass is 10.5. The first-order chi connectivity index (χ1) is 9.15. The van der Waals surface area contributed by atoms with Crippen LogP contribution in [-0.2, 0) is 6.54 Å². The maximum Gasteiger partial charge on any atom is 0.372 e. The van der Waals surface area contributed by atoms with Crippen molar-refractivity contribution in [2.75, 3.05) is 5.32 Å². The highest BCUT2D eigenvalue weighted by molar-refractivity contribution is 7.15. The fourth-order valence-corrected chi connectivity index (χ4v) is 2.35. The van der Waals surface area contributed by atoms with Gasteiger partial charge in [0.25, 0.3) is 4.96 Å². The smallest absolute Gasteiger partial charge is 0.358 e. The SMILES string of the molecule is Cc1nc(CNc2nc3sccn3c2[N+](=O)[O-])no1. The second-order valence-corrected chi connectivity index (χ2v) is 4.55. The van der Waals surface area contributed by atoms with Gasteiger partial charge in [0.2, 0.25) is 11.7 Å². The van der Waals surface area contributed by atoms with Crippen LogP contribution in [0.15, 0.2) is 16.1 Å². The zero-order valence-electron chi connectivity index (χ0n) is 9.73. The molecule has 0 saturated carbocycles. The molecule has 9 nitrogen and oxygen atoms in total. The van der Waals surface area contributed by atoms with Crippen molar-refractivity contribution in [1.82, 2.24) is 19.5 Å². The highest BCUT2D eigenvalue weighted by atomic mass is 32.1. The van der Waals surface area contributed by atoms with Gasteiger partial charge in [0.05, 0.1) is 6.54 Å². The van der Waals surface area contributed by atoms with E-state index < -0.39 is 4.92 Å². The molecule has 10 heteroatoms. The first kappa shape index (κ1) is 11.6. The number of rotatable bonds is 4. The summed E-state index contributed by atoms with van der Waals surface area (Å²) >= 11 is 1.32. The summed E-state index contributed by atoms with van der Waals surface area (Å²) in [5.41, 5.74) is 0. The lowest BCUT2D eigenvalue weighted by Crippen LogP contribution is -2.04. The van der Waals surface area contributed by atoms with E-state index in [1.807, 2.05) is 0 Å². The van der Waals surface area contributed by atoms with Gasteiger partial charge in [-0.15, -0.1) is 0 Å². The predicted molar refractivity (Wildman–Crippen MR) is 66.1 cm³/mol. The van der Waals surface area contributed by atoms with Crippen LogP contribution in [0.2, 0.25) is 0 Å². The molecule has 3 heterocycles. The predicted octanol–water partition coefficient (Wildman–Crippen LogP) is 1.61. The Morgan fingerprint density at radius 3 is 3.11 bits per heavy atom. The highest BCUT2D eigenvalue weighted by Gasteiger charge is 2.23. The molecule has 0 fully saturated rings. The van der Waals surface area contributed by atoms with E-state index in [-0.39, 0.29) is 18.2 Å². The maximum absolute atomic E-state index is 11.1. The van der Waals surface area contributed by atoms with E-state index in [1.165, 1.54) is 15.7 Å². The van der Waals surface area contributed by atoms with Crippen molar-refractivity contribution < 1.29 is 9.45 Å². The van der Waals surface area contributed by atoms with E-state index in [0.29, 0.717) is 16.7 Å². The average molecular weight is 280 g/mol. The molecule has 3 aromatic heterocycles. The van der Waals surface area contributed by atoms with Crippen molar-refractivity contribution >= 4 is 27.9 Å². The fraction of sp³-hybridized carbons (Fsp3) is 0.222. The Morgan fingerprint density at radius 2 is 2.42 bits per heavy atom. The molecule has 0 aliphatic heterocycles. The van der Waals surface area contributed by atoms with Crippen LogP contribution in [0, 0.1) is 17.0 Å². The Morgan fingerprint density at radius 1 is 1.58 bits per heavy atom. The molecule has 0 aliphatic rings. The largest absolute Gasteiger partial charge is 0.372 e. The maximum atomic E-state index is 11.1. The van der Waals surface area contributed by atoms with Gasteiger partial charge in [-0.05, 0) is 4.92 Å². The zero-order chi connectivity index (χ0) is 13.4. The van der Waals surface area contributed by atoms with Gasteiger partial charge in [-0.25, -0.2) is 0 Å². The summed E-state index contributed by atoms with van der Waals surface area (Å²) in [4.78, 5) is 19.3. The van der Waals surface area contributed by atoms with Gasteiger partial charge in [-0.1, -0.05) is 16.5 Å². The van der Waals surface area contributed by atoms with E-state index in [0.717, 1.165) is 0 Å². The third kappa shape index (κ3) is 2.01. The van der Waals surface area contributed by atoms with Crippen LogP contribution in [0.1, 0.15) is 11.7 Å². The summed E-state index contributed by atoms with van der Waals surface area (Å²) in [6.07, 6.45) is 1.61. The number of aryl methyl sites for hydroxylation is 1. The van der Waals surface area contributed by atoms with Gasteiger partial charge < -0.3 is 20.0 Å². The lowest BCUT2D eigenvalue weighted by molar-refractivity contribution is -0.389. The molecule has 3 aromatic rings. The van der Waals surface area contributed by atoms with Crippen molar-refractivity contribution in [3.8, 4) is 0 Å². The molecule has 0 radical (unpaired) electrons. The van der Waals surface area contributed by atoms with Gasteiger partial charge in [-0.3, -0.25) is 0 Å². The molecule has 0 unspecified atom stereocenters. The summed E-state index contributed by atoms with van der Waals surface area (Å²) in [5.74, 6) is 0.955. The topological polar surface area (TPSA) is 111 Å². The van der Waals surface area contributed by atoms with Gasteiger partial charge in [-0.2, -0.15) is 14.4 Å². The Balaban J connectivity index is 1.89. The number of aromatic nitrogens is 4. The normalized spacial score (nSPS) is 11.0. The average Bonchev–Trinajstić information content (AvgIpc) is 3.00.